The fourth-order valence-corrected chi connectivity index (χ4v) is 1.83. The molecule has 104 valence electrons. The highest BCUT2D eigenvalue weighted by Gasteiger charge is 2.32. The number of morpholine rings is 1. The van der Waals surface area contributed by atoms with Crippen LogP contribution in [0.2, 0.25) is 0 Å². The number of hydrogen-bond acceptors (Lipinski definition) is 4. The number of nitrogens with one attached hydrogen (secondary N) is 2. The maximum absolute atomic E-state index is 12.0. The van der Waals surface area contributed by atoms with Crippen LogP contribution < -0.4 is 10.6 Å². The zero-order valence-corrected chi connectivity index (χ0v) is 11.4. The molecule has 0 bridgehead atoms. The van der Waals surface area contributed by atoms with Gasteiger partial charge in [0, 0.05) is 12.6 Å². The molecule has 0 saturated carbocycles. The van der Waals surface area contributed by atoms with Gasteiger partial charge in [-0.05, 0) is 20.4 Å². The normalized spacial score (nSPS) is 20.0. The number of ether oxygens (including phenoxy) is 1. The molecule has 6 nitrogen and oxygen atoms in total. The Hall–Kier alpha value is -1.14. The van der Waals surface area contributed by atoms with E-state index in [9.17, 15) is 9.59 Å². The van der Waals surface area contributed by atoms with Gasteiger partial charge in [0.05, 0.1) is 19.8 Å². The van der Waals surface area contributed by atoms with Crippen LogP contribution in [0.3, 0.4) is 0 Å². The van der Waals surface area contributed by atoms with Crippen LogP contribution in [0, 0.1) is 0 Å². The van der Waals surface area contributed by atoms with Gasteiger partial charge in [0.25, 0.3) is 0 Å². The van der Waals surface area contributed by atoms with Gasteiger partial charge in [-0.2, -0.15) is 0 Å². The monoisotopic (exact) mass is 257 g/mol. The van der Waals surface area contributed by atoms with E-state index in [1.807, 2.05) is 20.8 Å². The molecule has 0 radical (unpaired) electrons. The topological polar surface area (TPSA) is 70.7 Å². The van der Waals surface area contributed by atoms with Crippen molar-refractivity contribution in [3.63, 3.8) is 0 Å². The van der Waals surface area contributed by atoms with E-state index in [4.69, 9.17) is 4.74 Å². The summed E-state index contributed by atoms with van der Waals surface area (Å²) in [5.74, 6) is -0.196. The first-order chi connectivity index (χ1) is 8.56. The summed E-state index contributed by atoms with van der Waals surface area (Å²) in [7, 11) is 0. The van der Waals surface area contributed by atoms with Gasteiger partial charge >= 0.3 is 0 Å². The van der Waals surface area contributed by atoms with Gasteiger partial charge in [-0.15, -0.1) is 0 Å². The fourth-order valence-electron chi connectivity index (χ4n) is 1.83. The van der Waals surface area contributed by atoms with Crippen LogP contribution in [0.25, 0.3) is 0 Å². The summed E-state index contributed by atoms with van der Waals surface area (Å²) in [6, 6.07) is -0.447. The average molecular weight is 257 g/mol. The van der Waals surface area contributed by atoms with Crippen LogP contribution in [0.4, 0.5) is 0 Å². The Morgan fingerprint density at radius 1 is 1.44 bits per heavy atom. The van der Waals surface area contributed by atoms with Gasteiger partial charge < -0.3 is 20.3 Å². The number of likely N-dealkylation sites (N-methyl/N-ethyl adjacent to an activating group) is 1. The summed E-state index contributed by atoms with van der Waals surface area (Å²) in [6.07, 6.45) is 0. The third-order valence-electron chi connectivity index (χ3n) is 2.71. The molecule has 1 heterocycles. The van der Waals surface area contributed by atoms with Crippen LogP contribution in [0.15, 0.2) is 0 Å². The molecule has 6 heteroatoms. The lowest BCUT2D eigenvalue weighted by molar-refractivity contribution is -0.148. The highest BCUT2D eigenvalue weighted by molar-refractivity contribution is 5.88. The van der Waals surface area contributed by atoms with E-state index in [2.05, 4.69) is 10.6 Å². The van der Waals surface area contributed by atoms with E-state index in [0.717, 1.165) is 6.54 Å². The lowest BCUT2D eigenvalue weighted by Crippen LogP contribution is -2.58. The second-order valence-corrected chi connectivity index (χ2v) is 4.62. The Morgan fingerprint density at radius 2 is 2.17 bits per heavy atom. The molecule has 0 aliphatic carbocycles. The second-order valence-electron chi connectivity index (χ2n) is 4.62. The first kappa shape index (κ1) is 14.9. The minimum atomic E-state index is -0.507. The predicted molar refractivity (Wildman–Crippen MR) is 68.1 cm³/mol. The van der Waals surface area contributed by atoms with E-state index in [1.165, 1.54) is 0 Å². The minimum Gasteiger partial charge on any atom is -0.377 e. The molecular formula is C12H23N3O3. The predicted octanol–water partition coefficient (Wildman–Crippen LogP) is -0.652. The smallest absolute Gasteiger partial charge is 0.245 e. The molecule has 2 amide bonds. The molecule has 1 unspecified atom stereocenters. The molecule has 2 N–H and O–H groups in total. The van der Waals surface area contributed by atoms with E-state index in [0.29, 0.717) is 13.2 Å². The van der Waals surface area contributed by atoms with Crippen molar-refractivity contribution in [3.8, 4) is 0 Å². The van der Waals surface area contributed by atoms with E-state index in [1.54, 1.807) is 4.90 Å². The maximum Gasteiger partial charge on any atom is 0.245 e. The molecule has 0 aromatic carbocycles. The summed E-state index contributed by atoms with van der Waals surface area (Å²) in [4.78, 5) is 25.6. The van der Waals surface area contributed by atoms with Crippen molar-refractivity contribution in [1.82, 2.24) is 15.5 Å². The molecule has 1 saturated heterocycles. The summed E-state index contributed by atoms with van der Waals surface area (Å²) in [5.41, 5.74) is 0. The zero-order valence-electron chi connectivity index (χ0n) is 11.4. The quantitative estimate of drug-likeness (QED) is 0.686. The van der Waals surface area contributed by atoms with Gasteiger partial charge in [0.1, 0.15) is 6.04 Å². The van der Waals surface area contributed by atoms with Gasteiger partial charge in [-0.25, -0.2) is 0 Å². The van der Waals surface area contributed by atoms with E-state index >= 15 is 0 Å². The summed E-state index contributed by atoms with van der Waals surface area (Å²) < 4.78 is 5.29. The molecule has 0 aromatic rings. The SMILES string of the molecule is CCNCC(=O)N1CCOCC1C(=O)NC(C)C. The maximum atomic E-state index is 12.0. The van der Waals surface area contributed by atoms with Crippen molar-refractivity contribution in [2.75, 3.05) is 32.8 Å². The first-order valence-corrected chi connectivity index (χ1v) is 6.44. The number of carbonyl (C=O) groups is 2. The summed E-state index contributed by atoms with van der Waals surface area (Å²) in [6.45, 7) is 7.97. The molecule has 1 fully saturated rings. The molecule has 18 heavy (non-hydrogen) atoms. The van der Waals surface area contributed by atoms with Gasteiger partial charge in [0.15, 0.2) is 0 Å². The number of carbonyl (C=O) groups excluding carboxylic acids is 2. The molecular weight excluding hydrogens is 234 g/mol. The summed E-state index contributed by atoms with van der Waals surface area (Å²) in [5, 5.41) is 5.80. The van der Waals surface area contributed by atoms with Crippen LogP contribution in [-0.4, -0.2) is 61.6 Å². The number of rotatable bonds is 5. The number of nitrogens with zero attached hydrogens (tertiary/aromatic N) is 1. The van der Waals surface area contributed by atoms with Crippen LogP contribution in [0.5, 0.6) is 0 Å². The molecule has 1 aliphatic heterocycles. The first-order valence-electron chi connectivity index (χ1n) is 6.44. The molecule has 1 aliphatic rings. The van der Waals surface area contributed by atoms with Crippen molar-refractivity contribution in [2.24, 2.45) is 0 Å². The fraction of sp³-hybridized carbons (Fsp3) is 0.833. The second kappa shape index (κ2) is 7.33. The van der Waals surface area contributed by atoms with Crippen molar-refractivity contribution in [1.29, 1.82) is 0 Å². The lowest BCUT2D eigenvalue weighted by Gasteiger charge is -2.35. The highest BCUT2D eigenvalue weighted by atomic mass is 16.5. The number of hydrogen-bond donors (Lipinski definition) is 2. The lowest BCUT2D eigenvalue weighted by atomic mass is 10.2. The summed E-state index contributed by atoms with van der Waals surface area (Å²) >= 11 is 0. The van der Waals surface area contributed by atoms with Crippen LogP contribution in [-0.2, 0) is 14.3 Å². The average Bonchev–Trinajstić information content (AvgIpc) is 2.35. The Morgan fingerprint density at radius 3 is 2.78 bits per heavy atom. The largest absolute Gasteiger partial charge is 0.377 e. The van der Waals surface area contributed by atoms with Gasteiger partial charge in [-0.1, -0.05) is 6.92 Å². The van der Waals surface area contributed by atoms with Crippen molar-refractivity contribution in [3.05, 3.63) is 0 Å². The Kier molecular flexibility index (Phi) is 6.07. The van der Waals surface area contributed by atoms with Crippen molar-refractivity contribution < 1.29 is 14.3 Å². The number of amides is 2. The van der Waals surface area contributed by atoms with E-state index < -0.39 is 6.04 Å². The van der Waals surface area contributed by atoms with Crippen molar-refractivity contribution in [2.45, 2.75) is 32.9 Å². The van der Waals surface area contributed by atoms with E-state index in [-0.39, 0.29) is 31.0 Å². The Bertz CT molecular complexity index is 294. The molecule has 1 atom stereocenters. The minimum absolute atomic E-state index is 0.0518. The third-order valence-corrected chi connectivity index (χ3v) is 2.71. The molecule has 0 aromatic heterocycles. The van der Waals surface area contributed by atoms with Gasteiger partial charge in [0.2, 0.25) is 11.8 Å². The third kappa shape index (κ3) is 4.27. The van der Waals surface area contributed by atoms with Crippen molar-refractivity contribution >= 4 is 11.8 Å². The Labute approximate surface area is 108 Å². The standard InChI is InChI=1S/C12H23N3O3/c1-4-13-7-11(16)15-5-6-18-8-10(15)12(17)14-9(2)3/h9-10,13H,4-8H2,1-3H3,(H,14,17). The van der Waals surface area contributed by atoms with Crippen LogP contribution in [0.1, 0.15) is 20.8 Å². The highest BCUT2D eigenvalue weighted by Crippen LogP contribution is 2.07. The Balaban J connectivity index is 2.61. The zero-order chi connectivity index (χ0) is 13.5. The molecule has 0 spiro atoms. The van der Waals surface area contributed by atoms with Crippen LogP contribution >= 0.6 is 0 Å². The van der Waals surface area contributed by atoms with Gasteiger partial charge in [-0.3, -0.25) is 9.59 Å². The molecule has 1 rings (SSSR count).